The zero-order chi connectivity index (χ0) is 11.4. The minimum absolute atomic E-state index is 0.598. The number of rotatable bonds is 1. The first-order valence-electron chi connectivity index (χ1n) is 5.90. The molecule has 0 N–H and O–H groups in total. The van der Waals surface area contributed by atoms with Gasteiger partial charge in [0.25, 0.3) is 0 Å². The van der Waals surface area contributed by atoms with Gasteiger partial charge < -0.3 is 4.57 Å². The Hall–Kier alpha value is -1.23. The lowest BCUT2D eigenvalue weighted by atomic mass is 10.1. The summed E-state index contributed by atoms with van der Waals surface area (Å²) in [6, 6.07) is 6.51. The lowest BCUT2D eigenvalue weighted by Gasteiger charge is -2.14. The Morgan fingerprint density at radius 1 is 1.24 bits per heavy atom. The second-order valence-electron chi connectivity index (χ2n) is 4.76. The number of fused-ring (bicyclic) bond motifs is 5. The molecule has 0 spiro atoms. The van der Waals surface area contributed by atoms with Crippen molar-refractivity contribution in [3.8, 4) is 11.5 Å². The Morgan fingerprint density at radius 3 is 3.06 bits per heavy atom. The molecule has 1 aliphatic carbocycles. The van der Waals surface area contributed by atoms with E-state index in [0.717, 1.165) is 21.9 Å². The Bertz CT molecular complexity index is 592. The normalized spacial score (nSPS) is 25.2. The minimum atomic E-state index is 0.598. The second-order valence-corrected chi connectivity index (χ2v) is 5.57. The molecule has 2 aliphatic rings. The molecule has 1 saturated carbocycles. The van der Waals surface area contributed by atoms with Crippen LogP contribution < -0.4 is 0 Å². The molecule has 0 aromatic carbocycles. The first-order valence-corrected chi connectivity index (χ1v) is 6.70. The zero-order valence-corrected chi connectivity index (χ0v) is 10.8. The fourth-order valence-corrected chi connectivity index (χ4v) is 3.42. The second kappa shape index (κ2) is 3.38. The quantitative estimate of drug-likeness (QED) is 0.759. The van der Waals surface area contributed by atoms with Crippen molar-refractivity contribution >= 4 is 15.9 Å². The van der Waals surface area contributed by atoms with Crippen molar-refractivity contribution in [1.29, 1.82) is 0 Å². The maximum atomic E-state index is 4.47. The summed E-state index contributed by atoms with van der Waals surface area (Å²) in [5.41, 5.74) is 0.908. The van der Waals surface area contributed by atoms with E-state index in [-0.39, 0.29) is 0 Å². The Balaban J connectivity index is 1.89. The minimum Gasteiger partial charge on any atom is -0.306 e. The van der Waals surface area contributed by atoms with E-state index < -0.39 is 0 Å². The summed E-state index contributed by atoms with van der Waals surface area (Å²) in [5.74, 6) is 2.72. The Morgan fingerprint density at radius 2 is 2.18 bits per heavy atom. The topological polar surface area (TPSA) is 43.6 Å². The highest BCUT2D eigenvalue weighted by Gasteiger charge is 2.40. The van der Waals surface area contributed by atoms with Gasteiger partial charge in [-0.05, 0) is 47.3 Å². The molecular formula is C12H11BrN4. The van der Waals surface area contributed by atoms with Crippen LogP contribution in [0.4, 0.5) is 0 Å². The first-order chi connectivity index (χ1) is 8.33. The van der Waals surface area contributed by atoms with E-state index in [0.29, 0.717) is 12.0 Å². The van der Waals surface area contributed by atoms with E-state index in [1.807, 2.05) is 18.2 Å². The molecule has 3 heterocycles. The molecule has 2 aromatic heterocycles. The van der Waals surface area contributed by atoms with E-state index in [4.69, 9.17) is 0 Å². The molecule has 1 fully saturated rings. The van der Waals surface area contributed by atoms with Crippen LogP contribution in [0.25, 0.3) is 11.5 Å². The predicted molar refractivity (Wildman–Crippen MR) is 66.6 cm³/mol. The van der Waals surface area contributed by atoms with Crippen LogP contribution in [0.15, 0.2) is 22.8 Å². The van der Waals surface area contributed by atoms with E-state index in [1.165, 1.54) is 19.3 Å². The first kappa shape index (κ1) is 9.76. The highest BCUT2D eigenvalue weighted by atomic mass is 79.9. The summed E-state index contributed by atoms with van der Waals surface area (Å²) in [4.78, 5) is 4.47. The average Bonchev–Trinajstić information content (AvgIpc) is 3.02. The Labute approximate surface area is 107 Å². The molecule has 2 bridgehead atoms. The third-order valence-electron chi connectivity index (χ3n) is 3.80. The van der Waals surface area contributed by atoms with Crippen LogP contribution in [0.1, 0.15) is 37.0 Å². The largest absolute Gasteiger partial charge is 0.306 e. The number of hydrogen-bond donors (Lipinski definition) is 0. The van der Waals surface area contributed by atoms with Crippen LogP contribution in [0.2, 0.25) is 0 Å². The number of hydrogen-bond acceptors (Lipinski definition) is 3. The molecule has 0 amide bonds. The molecule has 4 rings (SSSR count). The summed E-state index contributed by atoms with van der Waals surface area (Å²) in [6.45, 7) is 0. The molecule has 1 aliphatic heterocycles. The van der Waals surface area contributed by atoms with Crippen LogP contribution in [0.3, 0.4) is 0 Å². The maximum absolute atomic E-state index is 4.47. The van der Waals surface area contributed by atoms with Crippen molar-refractivity contribution in [1.82, 2.24) is 19.7 Å². The fourth-order valence-electron chi connectivity index (χ4n) is 3.08. The molecule has 2 atom stereocenters. The van der Waals surface area contributed by atoms with Gasteiger partial charge in [0.05, 0.1) is 0 Å². The third kappa shape index (κ3) is 1.32. The summed E-state index contributed by atoms with van der Waals surface area (Å²) in [5, 5.41) is 8.66. The fraction of sp³-hybridized carbons (Fsp3) is 0.417. The zero-order valence-electron chi connectivity index (χ0n) is 9.17. The van der Waals surface area contributed by atoms with Crippen molar-refractivity contribution < 1.29 is 0 Å². The average molecular weight is 291 g/mol. The molecule has 2 unspecified atom stereocenters. The number of pyridine rings is 1. The SMILES string of the molecule is Brc1cccc(-c2nnc3n2C2CCC3C2)n1. The lowest BCUT2D eigenvalue weighted by Crippen LogP contribution is -2.08. The van der Waals surface area contributed by atoms with Crippen molar-refractivity contribution in [3.63, 3.8) is 0 Å². The van der Waals surface area contributed by atoms with E-state index in [1.54, 1.807) is 0 Å². The van der Waals surface area contributed by atoms with Crippen LogP contribution in [0.5, 0.6) is 0 Å². The van der Waals surface area contributed by atoms with Gasteiger partial charge in [-0.1, -0.05) is 6.07 Å². The maximum Gasteiger partial charge on any atom is 0.182 e. The third-order valence-corrected chi connectivity index (χ3v) is 4.24. The van der Waals surface area contributed by atoms with E-state index >= 15 is 0 Å². The van der Waals surface area contributed by atoms with Gasteiger partial charge in [0.1, 0.15) is 16.1 Å². The van der Waals surface area contributed by atoms with Gasteiger partial charge in [-0.15, -0.1) is 10.2 Å². The van der Waals surface area contributed by atoms with Crippen LogP contribution in [-0.4, -0.2) is 19.7 Å². The molecule has 0 radical (unpaired) electrons. The standard InChI is InChI=1S/C12H11BrN4/c13-10-3-1-2-9(14-10)12-16-15-11-7-4-5-8(6-7)17(11)12/h1-3,7-8H,4-6H2. The molecular weight excluding hydrogens is 280 g/mol. The summed E-state index contributed by atoms with van der Waals surface area (Å²) >= 11 is 3.40. The molecule has 2 aromatic rings. The predicted octanol–water partition coefficient (Wildman–Crippen LogP) is 2.92. The Kier molecular flexibility index (Phi) is 1.94. The van der Waals surface area contributed by atoms with Crippen molar-refractivity contribution in [3.05, 3.63) is 28.6 Å². The van der Waals surface area contributed by atoms with E-state index in [9.17, 15) is 0 Å². The monoisotopic (exact) mass is 290 g/mol. The van der Waals surface area contributed by atoms with Crippen LogP contribution >= 0.6 is 15.9 Å². The lowest BCUT2D eigenvalue weighted by molar-refractivity contribution is 0.529. The smallest absolute Gasteiger partial charge is 0.182 e. The summed E-state index contributed by atoms with van der Waals surface area (Å²) < 4.78 is 3.14. The van der Waals surface area contributed by atoms with Crippen molar-refractivity contribution in [2.45, 2.75) is 31.2 Å². The molecule has 4 nitrogen and oxygen atoms in total. The van der Waals surface area contributed by atoms with Crippen molar-refractivity contribution in [2.24, 2.45) is 0 Å². The van der Waals surface area contributed by atoms with Gasteiger partial charge in [-0.2, -0.15) is 0 Å². The van der Waals surface area contributed by atoms with Gasteiger partial charge in [-0.25, -0.2) is 4.98 Å². The molecule has 86 valence electrons. The molecule has 0 saturated heterocycles. The summed E-state index contributed by atoms with van der Waals surface area (Å²) in [6.07, 6.45) is 3.78. The highest BCUT2D eigenvalue weighted by molar-refractivity contribution is 9.10. The van der Waals surface area contributed by atoms with Gasteiger partial charge in [0.2, 0.25) is 0 Å². The van der Waals surface area contributed by atoms with E-state index in [2.05, 4.69) is 35.7 Å². The van der Waals surface area contributed by atoms with Gasteiger partial charge in [0, 0.05) is 12.0 Å². The van der Waals surface area contributed by atoms with Gasteiger partial charge >= 0.3 is 0 Å². The highest BCUT2D eigenvalue weighted by Crippen LogP contribution is 2.49. The van der Waals surface area contributed by atoms with Crippen LogP contribution in [-0.2, 0) is 0 Å². The molecule has 17 heavy (non-hydrogen) atoms. The molecule has 5 heteroatoms. The van der Waals surface area contributed by atoms with Crippen LogP contribution in [0, 0.1) is 0 Å². The number of aromatic nitrogens is 4. The number of nitrogens with zero attached hydrogens (tertiary/aromatic N) is 4. The van der Waals surface area contributed by atoms with Gasteiger partial charge in [0.15, 0.2) is 5.82 Å². The number of halogens is 1. The van der Waals surface area contributed by atoms with Crippen molar-refractivity contribution in [2.75, 3.05) is 0 Å². The van der Waals surface area contributed by atoms with Gasteiger partial charge in [-0.3, -0.25) is 0 Å². The summed E-state index contributed by atoms with van der Waals surface area (Å²) in [7, 11) is 0.